The average Bonchev–Trinajstić information content (AvgIpc) is 2.06. The van der Waals surface area contributed by atoms with Crippen LogP contribution in [0, 0.1) is 13.8 Å². The van der Waals surface area contributed by atoms with Crippen molar-refractivity contribution in [3.05, 3.63) is 27.7 Å². The van der Waals surface area contributed by atoms with Gasteiger partial charge in [-0.15, -0.1) is 0 Å². The van der Waals surface area contributed by atoms with E-state index in [1.807, 2.05) is 26.0 Å². The van der Waals surface area contributed by atoms with Crippen molar-refractivity contribution >= 4 is 27.5 Å². The molecule has 0 saturated carbocycles. The Labute approximate surface area is 86.5 Å². The highest BCUT2D eigenvalue weighted by molar-refractivity contribution is 9.10. The van der Waals surface area contributed by atoms with E-state index in [9.17, 15) is 4.79 Å². The van der Waals surface area contributed by atoms with Crippen LogP contribution >= 0.6 is 15.9 Å². The maximum absolute atomic E-state index is 10.8. The Morgan fingerprint density at radius 3 is 2.46 bits per heavy atom. The minimum absolute atomic E-state index is 0.0372. The van der Waals surface area contributed by atoms with Crippen LogP contribution in [0.5, 0.6) is 0 Å². The molecule has 0 aliphatic rings. The summed E-state index contributed by atoms with van der Waals surface area (Å²) in [5.41, 5.74) is 3.14. The molecular formula is C10H12BrNO. The third-order valence-corrected chi connectivity index (χ3v) is 2.89. The van der Waals surface area contributed by atoms with Gasteiger partial charge >= 0.3 is 0 Å². The number of anilines is 1. The molecule has 0 unspecified atom stereocenters. The van der Waals surface area contributed by atoms with E-state index < -0.39 is 0 Å². The predicted molar refractivity (Wildman–Crippen MR) is 57.9 cm³/mol. The quantitative estimate of drug-likeness (QED) is 0.805. The van der Waals surface area contributed by atoms with Gasteiger partial charge in [0, 0.05) is 17.1 Å². The Morgan fingerprint density at radius 2 is 1.92 bits per heavy atom. The molecule has 1 aromatic rings. The van der Waals surface area contributed by atoms with Crippen LogP contribution in [0.1, 0.15) is 18.1 Å². The Hall–Kier alpha value is -0.830. The van der Waals surface area contributed by atoms with E-state index in [2.05, 4.69) is 21.2 Å². The molecule has 0 atom stereocenters. The van der Waals surface area contributed by atoms with Crippen LogP contribution < -0.4 is 5.32 Å². The topological polar surface area (TPSA) is 29.1 Å². The van der Waals surface area contributed by atoms with Gasteiger partial charge in [0.1, 0.15) is 0 Å². The molecule has 1 aromatic carbocycles. The summed E-state index contributed by atoms with van der Waals surface area (Å²) in [6.45, 7) is 5.52. The second kappa shape index (κ2) is 3.92. The summed E-state index contributed by atoms with van der Waals surface area (Å²) < 4.78 is 1.07. The molecule has 0 heterocycles. The van der Waals surface area contributed by atoms with Crippen LogP contribution in [-0.2, 0) is 4.79 Å². The van der Waals surface area contributed by atoms with Gasteiger partial charge in [-0.1, -0.05) is 15.9 Å². The van der Waals surface area contributed by atoms with Crippen LogP contribution in [0.15, 0.2) is 16.6 Å². The van der Waals surface area contributed by atoms with E-state index in [1.165, 1.54) is 6.92 Å². The molecule has 0 spiro atoms. The largest absolute Gasteiger partial charge is 0.326 e. The summed E-state index contributed by atoms with van der Waals surface area (Å²) in [6.07, 6.45) is 0. The molecule has 1 rings (SSSR count). The maximum Gasteiger partial charge on any atom is 0.221 e. The molecule has 0 saturated heterocycles. The van der Waals surface area contributed by atoms with E-state index in [-0.39, 0.29) is 5.91 Å². The number of hydrogen-bond donors (Lipinski definition) is 1. The molecule has 0 radical (unpaired) electrons. The second-order valence-corrected chi connectivity index (χ2v) is 3.88. The lowest BCUT2D eigenvalue weighted by atomic mass is 10.1. The van der Waals surface area contributed by atoms with Gasteiger partial charge in [0.25, 0.3) is 0 Å². The third kappa shape index (κ3) is 2.31. The highest BCUT2D eigenvalue weighted by atomic mass is 79.9. The molecule has 2 nitrogen and oxygen atoms in total. The SMILES string of the molecule is CC(=O)Nc1ccc(Br)c(C)c1C. The fourth-order valence-electron chi connectivity index (χ4n) is 1.11. The van der Waals surface area contributed by atoms with Crippen molar-refractivity contribution in [3.63, 3.8) is 0 Å². The van der Waals surface area contributed by atoms with Crippen LogP contribution in [-0.4, -0.2) is 5.91 Å². The minimum atomic E-state index is -0.0372. The highest BCUT2D eigenvalue weighted by Crippen LogP contribution is 2.25. The first-order valence-electron chi connectivity index (χ1n) is 4.05. The van der Waals surface area contributed by atoms with Crippen molar-refractivity contribution < 1.29 is 4.79 Å². The molecule has 13 heavy (non-hydrogen) atoms. The predicted octanol–water partition coefficient (Wildman–Crippen LogP) is 3.02. The summed E-state index contributed by atoms with van der Waals surface area (Å²) in [6, 6.07) is 3.83. The number of rotatable bonds is 1. The van der Waals surface area contributed by atoms with Crippen molar-refractivity contribution in [1.82, 2.24) is 0 Å². The van der Waals surface area contributed by atoms with Crippen LogP contribution in [0.4, 0.5) is 5.69 Å². The lowest BCUT2D eigenvalue weighted by molar-refractivity contribution is -0.114. The van der Waals surface area contributed by atoms with E-state index in [1.54, 1.807) is 0 Å². The van der Waals surface area contributed by atoms with Crippen LogP contribution in [0.3, 0.4) is 0 Å². The van der Waals surface area contributed by atoms with Crippen molar-refractivity contribution in [2.45, 2.75) is 20.8 Å². The van der Waals surface area contributed by atoms with Gasteiger partial charge in [0.05, 0.1) is 0 Å². The summed E-state index contributed by atoms with van der Waals surface area (Å²) in [5, 5.41) is 2.78. The van der Waals surface area contributed by atoms with Gasteiger partial charge in [0.2, 0.25) is 5.91 Å². The summed E-state index contributed by atoms with van der Waals surface area (Å²) in [7, 11) is 0. The van der Waals surface area contributed by atoms with Gasteiger partial charge < -0.3 is 5.32 Å². The van der Waals surface area contributed by atoms with E-state index in [0.29, 0.717) is 0 Å². The van der Waals surface area contributed by atoms with Gasteiger partial charge in [0.15, 0.2) is 0 Å². The number of carbonyl (C=O) groups is 1. The zero-order chi connectivity index (χ0) is 10.0. The van der Waals surface area contributed by atoms with Crippen LogP contribution in [0.25, 0.3) is 0 Å². The van der Waals surface area contributed by atoms with Crippen molar-refractivity contribution in [3.8, 4) is 0 Å². The molecule has 0 fully saturated rings. The van der Waals surface area contributed by atoms with E-state index in [4.69, 9.17) is 0 Å². The first-order chi connectivity index (χ1) is 6.02. The third-order valence-electron chi connectivity index (χ3n) is 2.03. The monoisotopic (exact) mass is 241 g/mol. The molecule has 0 aliphatic carbocycles. The fourth-order valence-corrected chi connectivity index (χ4v) is 1.54. The number of nitrogens with one attached hydrogen (secondary N) is 1. The Balaban J connectivity index is 3.10. The first-order valence-corrected chi connectivity index (χ1v) is 4.85. The Bertz CT molecular complexity index is 347. The molecule has 3 heteroatoms. The normalized spacial score (nSPS) is 9.85. The fraction of sp³-hybridized carbons (Fsp3) is 0.300. The maximum atomic E-state index is 10.8. The van der Waals surface area contributed by atoms with Crippen LogP contribution in [0.2, 0.25) is 0 Å². The zero-order valence-corrected chi connectivity index (χ0v) is 9.53. The van der Waals surface area contributed by atoms with Crippen molar-refractivity contribution in [2.75, 3.05) is 5.32 Å². The number of carbonyl (C=O) groups excluding carboxylic acids is 1. The first kappa shape index (κ1) is 10.3. The van der Waals surface area contributed by atoms with Gasteiger partial charge in [-0.3, -0.25) is 4.79 Å². The lowest BCUT2D eigenvalue weighted by Crippen LogP contribution is -2.07. The van der Waals surface area contributed by atoms with Gasteiger partial charge in [-0.25, -0.2) is 0 Å². The van der Waals surface area contributed by atoms with Gasteiger partial charge in [-0.05, 0) is 37.1 Å². The second-order valence-electron chi connectivity index (χ2n) is 3.03. The standard InChI is InChI=1S/C10H12BrNO/c1-6-7(2)10(12-8(3)13)5-4-9(6)11/h4-5H,1-3H3,(H,12,13). The molecule has 0 bridgehead atoms. The lowest BCUT2D eigenvalue weighted by Gasteiger charge is -2.10. The summed E-state index contributed by atoms with van der Waals surface area (Å²) in [5.74, 6) is -0.0372. The summed E-state index contributed by atoms with van der Waals surface area (Å²) >= 11 is 3.43. The number of amides is 1. The zero-order valence-electron chi connectivity index (χ0n) is 7.94. The smallest absolute Gasteiger partial charge is 0.221 e. The average molecular weight is 242 g/mol. The number of hydrogen-bond acceptors (Lipinski definition) is 1. The molecular weight excluding hydrogens is 230 g/mol. The molecule has 1 N–H and O–H groups in total. The van der Waals surface area contributed by atoms with Crippen molar-refractivity contribution in [1.29, 1.82) is 0 Å². The number of benzene rings is 1. The Kier molecular flexibility index (Phi) is 3.09. The summed E-state index contributed by atoms with van der Waals surface area (Å²) in [4.78, 5) is 10.8. The molecule has 0 aliphatic heterocycles. The number of halogens is 1. The van der Waals surface area contributed by atoms with E-state index >= 15 is 0 Å². The van der Waals surface area contributed by atoms with Crippen molar-refractivity contribution in [2.24, 2.45) is 0 Å². The minimum Gasteiger partial charge on any atom is -0.326 e. The highest BCUT2D eigenvalue weighted by Gasteiger charge is 2.04. The molecule has 70 valence electrons. The van der Waals surface area contributed by atoms with E-state index in [0.717, 1.165) is 21.3 Å². The van der Waals surface area contributed by atoms with Gasteiger partial charge in [-0.2, -0.15) is 0 Å². The molecule has 1 amide bonds. The Morgan fingerprint density at radius 1 is 1.31 bits per heavy atom. The molecule has 0 aromatic heterocycles.